The number of pyridine rings is 1. The molecule has 0 spiro atoms. The van der Waals surface area contributed by atoms with Gasteiger partial charge in [-0.05, 0) is 12.1 Å². The average molecular weight is 299 g/mol. The van der Waals surface area contributed by atoms with Crippen LogP contribution >= 0.6 is 0 Å². The lowest BCUT2D eigenvalue weighted by Gasteiger charge is -2.08. The summed E-state index contributed by atoms with van der Waals surface area (Å²) in [7, 11) is 1.25. The molecule has 8 nitrogen and oxygen atoms in total. The first-order chi connectivity index (χ1) is 10.7. The number of carbonyl (C=O) groups excluding carboxylic acids is 2. The van der Waals surface area contributed by atoms with E-state index >= 15 is 0 Å². The van der Waals surface area contributed by atoms with Crippen LogP contribution in [0.15, 0.2) is 30.6 Å². The minimum Gasteiger partial charge on any atom is -0.469 e. The van der Waals surface area contributed by atoms with Crippen LogP contribution in [0, 0.1) is 11.3 Å². The Bertz CT molecular complexity index is 718. The van der Waals surface area contributed by atoms with Gasteiger partial charge in [-0.25, -0.2) is 4.98 Å². The molecule has 2 aromatic heterocycles. The second-order valence-electron chi connectivity index (χ2n) is 4.24. The maximum Gasteiger partial charge on any atom is 0.306 e. The minimum absolute atomic E-state index is 0.0397. The summed E-state index contributed by atoms with van der Waals surface area (Å²) in [6.45, 7) is 0. The Kier molecular flexibility index (Phi) is 4.82. The van der Waals surface area contributed by atoms with E-state index in [-0.39, 0.29) is 24.2 Å². The van der Waals surface area contributed by atoms with E-state index in [4.69, 9.17) is 5.26 Å². The molecule has 0 aliphatic carbocycles. The lowest BCUT2D eigenvalue weighted by Crippen LogP contribution is -2.17. The number of esters is 1. The third kappa shape index (κ3) is 3.46. The van der Waals surface area contributed by atoms with E-state index in [0.717, 1.165) is 0 Å². The molecule has 0 saturated carbocycles. The number of nitrogens with zero attached hydrogens (tertiary/aromatic N) is 4. The van der Waals surface area contributed by atoms with Crippen LogP contribution in [0.2, 0.25) is 0 Å². The van der Waals surface area contributed by atoms with E-state index in [9.17, 15) is 9.59 Å². The minimum atomic E-state index is -0.478. The zero-order valence-electron chi connectivity index (χ0n) is 11.8. The molecule has 8 heteroatoms. The molecular formula is C14H13N5O3. The Hall–Kier alpha value is -3.21. The van der Waals surface area contributed by atoms with Crippen LogP contribution in [-0.4, -0.2) is 33.8 Å². The number of methoxy groups -OCH3 is 1. The molecular weight excluding hydrogens is 286 g/mol. The molecule has 0 fully saturated rings. The number of hydrogen-bond donors (Lipinski definition) is 1. The smallest absolute Gasteiger partial charge is 0.306 e. The molecule has 0 bridgehead atoms. The highest BCUT2D eigenvalue weighted by atomic mass is 16.5. The number of nitrogens with one attached hydrogen (secondary N) is 1. The standard InChI is InChI=1S/C14H13N5O3/c1-22-13(21)6-5-12(20)18-14-10(8-15)9-17-19(14)11-4-2-3-7-16-11/h2-4,7,9H,5-6H2,1H3,(H,18,20). The van der Waals surface area contributed by atoms with Crippen molar-refractivity contribution in [3.63, 3.8) is 0 Å². The Labute approximate surface area is 126 Å². The summed E-state index contributed by atoms with van der Waals surface area (Å²) in [5.41, 5.74) is 0.206. The number of amides is 1. The largest absolute Gasteiger partial charge is 0.469 e. The molecule has 22 heavy (non-hydrogen) atoms. The van der Waals surface area contributed by atoms with E-state index in [1.165, 1.54) is 18.0 Å². The third-order valence-corrected chi connectivity index (χ3v) is 2.80. The van der Waals surface area contributed by atoms with E-state index in [1.54, 1.807) is 24.4 Å². The number of aromatic nitrogens is 3. The fourth-order valence-electron chi connectivity index (χ4n) is 1.72. The van der Waals surface area contributed by atoms with E-state index in [0.29, 0.717) is 5.82 Å². The number of rotatable bonds is 5. The first-order valence-electron chi connectivity index (χ1n) is 6.42. The summed E-state index contributed by atoms with van der Waals surface area (Å²) in [5.74, 6) is -0.211. The van der Waals surface area contributed by atoms with Crippen LogP contribution in [0.4, 0.5) is 5.82 Å². The van der Waals surface area contributed by atoms with E-state index in [2.05, 4.69) is 20.1 Å². The van der Waals surface area contributed by atoms with Gasteiger partial charge in [0.2, 0.25) is 5.91 Å². The summed E-state index contributed by atoms with van der Waals surface area (Å²) in [5, 5.41) is 15.7. The Balaban J connectivity index is 2.20. The molecule has 0 atom stereocenters. The second kappa shape index (κ2) is 6.99. The summed E-state index contributed by atoms with van der Waals surface area (Å²) in [4.78, 5) is 27.1. The predicted molar refractivity (Wildman–Crippen MR) is 76.0 cm³/mol. The molecule has 1 amide bonds. The van der Waals surface area contributed by atoms with Crippen LogP contribution in [-0.2, 0) is 14.3 Å². The van der Waals surface area contributed by atoms with Gasteiger partial charge in [-0.15, -0.1) is 0 Å². The van der Waals surface area contributed by atoms with Crippen LogP contribution < -0.4 is 5.32 Å². The monoisotopic (exact) mass is 299 g/mol. The SMILES string of the molecule is COC(=O)CCC(=O)Nc1c(C#N)cnn1-c1ccccn1. The molecule has 0 aliphatic heterocycles. The molecule has 0 aliphatic rings. The Morgan fingerprint density at radius 3 is 2.86 bits per heavy atom. The lowest BCUT2D eigenvalue weighted by atomic mass is 10.3. The molecule has 2 heterocycles. The predicted octanol–water partition coefficient (Wildman–Crippen LogP) is 1.03. The van der Waals surface area contributed by atoms with Crippen LogP contribution in [0.5, 0.6) is 0 Å². The van der Waals surface area contributed by atoms with Crippen molar-refractivity contribution in [1.82, 2.24) is 14.8 Å². The van der Waals surface area contributed by atoms with Gasteiger partial charge in [0.15, 0.2) is 11.6 Å². The molecule has 0 unspecified atom stereocenters. The van der Waals surface area contributed by atoms with Crippen molar-refractivity contribution >= 4 is 17.7 Å². The van der Waals surface area contributed by atoms with Gasteiger partial charge in [0.1, 0.15) is 11.6 Å². The fraction of sp³-hybridized carbons (Fsp3) is 0.214. The van der Waals surface area contributed by atoms with Crippen molar-refractivity contribution in [2.45, 2.75) is 12.8 Å². The maximum atomic E-state index is 11.9. The topological polar surface area (TPSA) is 110 Å². The number of hydrogen-bond acceptors (Lipinski definition) is 6. The van der Waals surface area contributed by atoms with Crippen LogP contribution in [0.3, 0.4) is 0 Å². The highest BCUT2D eigenvalue weighted by molar-refractivity contribution is 5.93. The quantitative estimate of drug-likeness (QED) is 0.826. The highest BCUT2D eigenvalue weighted by Crippen LogP contribution is 2.18. The molecule has 1 N–H and O–H groups in total. The second-order valence-corrected chi connectivity index (χ2v) is 4.24. The molecule has 0 aromatic carbocycles. The zero-order valence-corrected chi connectivity index (χ0v) is 11.8. The van der Waals surface area contributed by atoms with Gasteiger partial charge in [0.25, 0.3) is 0 Å². The zero-order chi connectivity index (χ0) is 15.9. The molecule has 2 rings (SSSR count). The number of ether oxygens (including phenoxy) is 1. The fourth-order valence-corrected chi connectivity index (χ4v) is 1.72. The molecule has 0 radical (unpaired) electrons. The van der Waals surface area contributed by atoms with Gasteiger partial charge < -0.3 is 10.1 Å². The average Bonchev–Trinajstić information content (AvgIpc) is 2.96. The lowest BCUT2D eigenvalue weighted by molar-refractivity contribution is -0.141. The molecule has 0 saturated heterocycles. The summed E-state index contributed by atoms with van der Waals surface area (Å²) in [6.07, 6.45) is 2.82. The van der Waals surface area contributed by atoms with E-state index in [1.807, 2.05) is 6.07 Å². The van der Waals surface area contributed by atoms with Gasteiger partial charge in [0, 0.05) is 12.6 Å². The van der Waals surface area contributed by atoms with Gasteiger partial charge in [-0.1, -0.05) is 6.07 Å². The third-order valence-electron chi connectivity index (χ3n) is 2.80. The van der Waals surface area contributed by atoms with Crippen molar-refractivity contribution in [3.8, 4) is 11.9 Å². The first kappa shape index (κ1) is 15.2. The maximum absolute atomic E-state index is 11.9. The Morgan fingerprint density at radius 2 is 2.23 bits per heavy atom. The van der Waals surface area contributed by atoms with Crippen molar-refractivity contribution in [1.29, 1.82) is 5.26 Å². The first-order valence-corrected chi connectivity index (χ1v) is 6.42. The molecule has 2 aromatic rings. The van der Waals surface area contributed by atoms with Gasteiger partial charge in [-0.2, -0.15) is 15.0 Å². The van der Waals surface area contributed by atoms with E-state index < -0.39 is 11.9 Å². The van der Waals surface area contributed by atoms with Gasteiger partial charge >= 0.3 is 5.97 Å². The summed E-state index contributed by atoms with van der Waals surface area (Å²) in [6, 6.07) is 7.15. The van der Waals surface area contributed by atoms with Gasteiger partial charge in [-0.3, -0.25) is 9.59 Å². The van der Waals surface area contributed by atoms with Crippen LogP contribution in [0.25, 0.3) is 5.82 Å². The van der Waals surface area contributed by atoms with Gasteiger partial charge in [0.05, 0.1) is 19.7 Å². The van der Waals surface area contributed by atoms with Crippen molar-refractivity contribution < 1.29 is 14.3 Å². The van der Waals surface area contributed by atoms with Crippen molar-refractivity contribution in [2.24, 2.45) is 0 Å². The van der Waals surface area contributed by atoms with Crippen LogP contribution in [0.1, 0.15) is 18.4 Å². The number of carbonyl (C=O) groups is 2. The summed E-state index contributed by atoms with van der Waals surface area (Å²) < 4.78 is 5.83. The number of nitriles is 1. The Morgan fingerprint density at radius 1 is 1.41 bits per heavy atom. The molecule has 112 valence electrons. The summed E-state index contributed by atoms with van der Waals surface area (Å²) >= 11 is 0. The van der Waals surface area contributed by atoms with Crippen molar-refractivity contribution in [2.75, 3.05) is 12.4 Å². The normalized spacial score (nSPS) is 9.82. The number of anilines is 1. The highest BCUT2D eigenvalue weighted by Gasteiger charge is 2.16. The van der Waals surface area contributed by atoms with Crippen molar-refractivity contribution in [3.05, 3.63) is 36.2 Å².